The molecule has 1 aliphatic heterocycles. The number of amides is 1. The molecule has 5 nitrogen and oxygen atoms in total. The highest BCUT2D eigenvalue weighted by atomic mass is 16.1. The first-order valence-corrected chi connectivity index (χ1v) is 9.95. The van der Waals surface area contributed by atoms with Crippen LogP contribution in [-0.4, -0.2) is 29.2 Å². The number of piperidine rings is 1. The number of nitrogens with one attached hydrogen (secondary N) is 2. The molecule has 0 atom stereocenters. The van der Waals surface area contributed by atoms with Crippen molar-refractivity contribution in [2.45, 2.75) is 32.6 Å². The van der Waals surface area contributed by atoms with E-state index in [-0.39, 0.29) is 5.91 Å². The van der Waals surface area contributed by atoms with Gasteiger partial charge in [-0.15, -0.1) is 0 Å². The van der Waals surface area contributed by atoms with Gasteiger partial charge in [0, 0.05) is 24.3 Å². The van der Waals surface area contributed by atoms with Gasteiger partial charge in [-0.1, -0.05) is 42.5 Å². The highest BCUT2D eigenvalue weighted by molar-refractivity contribution is 5.96. The molecule has 0 radical (unpaired) electrons. The number of hydrogen-bond acceptors (Lipinski definition) is 3. The lowest BCUT2D eigenvalue weighted by atomic mass is 10.1. The van der Waals surface area contributed by atoms with Crippen molar-refractivity contribution in [1.82, 2.24) is 10.2 Å². The summed E-state index contributed by atoms with van der Waals surface area (Å²) in [6.45, 7) is 4.18. The van der Waals surface area contributed by atoms with Crippen LogP contribution in [0.1, 0.15) is 30.5 Å². The smallest absolute Gasteiger partial charge is 0.228 e. The van der Waals surface area contributed by atoms with Gasteiger partial charge in [0.25, 0.3) is 0 Å². The second-order valence-electron chi connectivity index (χ2n) is 7.38. The minimum absolute atomic E-state index is 0.0399. The summed E-state index contributed by atoms with van der Waals surface area (Å²) in [5, 5.41) is 10.5. The Morgan fingerprint density at radius 1 is 1.04 bits per heavy atom. The van der Waals surface area contributed by atoms with Gasteiger partial charge in [0.05, 0.1) is 17.8 Å². The number of nitrogens with zero attached hydrogens (tertiary/aromatic N) is 2. The predicted octanol–water partition coefficient (Wildman–Crippen LogP) is 4.56. The number of hydrogen-bond donors (Lipinski definition) is 2. The highest BCUT2D eigenvalue weighted by Crippen LogP contribution is 2.30. The molecule has 1 aliphatic rings. The van der Waals surface area contributed by atoms with Gasteiger partial charge in [-0.25, -0.2) is 0 Å². The highest BCUT2D eigenvalue weighted by Gasteiger charge is 2.16. The summed E-state index contributed by atoms with van der Waals surface area (Å²) in [7, 11) is 0. The zero-order chi connectivity index (χ0) is 19.3. The topological polar surface area (TPSA) is 61.0 Å². The summed E-state index contributed by atoms with van der Waals surface area (Å²) in [5.74, 6) is -0.0399. The lowest BCUT2D eigenvalue weighted by Crippen LogP contribution is -2.29. The molecule has 144 valence electrons. The van der Waals surface area contributed by atoms with Crippen molar-refractivity contribution in [3.05, 3.63) is 65.9 Å². The van der Waals surface area contributed by atoms with Gasteiger partial charge in [-0.2, -0.15) is 5.10 Å². The van der Waals surface area contributed by atoms with E-state index in [1.54, 1.807) is 0 Å². The fourth-order valence-corrected chi connectivity index (χ4v) is 3.74. The normalized spacial score (nSPS) is 14.1. The number of H-pyrrole nitrogens is 1. The van der Waals surface area contributed by atoms with E-state index < -0.39 is 0 Å². The molecular formula is C23H26N4O. The van der Waals surface area contributed by atoms with Crippen LogP contribution in [0.15, 0.2) is 54.6 Å². The zero-order valence-electron chi connectivity index (χ0n) is 16.2. The number of rotatable bonds is 5. The largest absolute Gasteiger partial charge is 0.372 e. The van der Waals surface area contributed by atoms with E-state index in [4.69, 9.17) is 0 Å². The number of aryl methyl sites for hydroxylation is 1. The van der Waals surface area contributed by atoms with Gasteiger partial charge >= 0.3 is 0 Å². The SMILES string of the molecule is Cc1[nH]nc(-c2ccc(N3CCCCC3)cc2)c1NC(=O)Cc1ccccc1. The molecule has 2 aromatic carbocycles. The van der Waals surface area contributed by atoms with Crippen molar-refractivity contribution in [3.8, 4) is 11.3 Å². The van der Waals surface area contributed by atoms with Crippen LogP contribution in [0.2, 0.25) is 0 Å². The Bertz CT molecular complexity index is 925. The minimum atomic E-state index is -0.0399. The third-order valence-electron chi connectivity index (χ3n) is 5.28. The fourth-order valence-electron chi connectivity index (χ4n) is 3.74. The van der Waals surface area contributed by atoms with Crippen LogP contribution in [0.5, 0.6) is 0 Å². The molecule has 4 rings (SSSR count). The predicted molar refractivity (Wildman–Crippen MR) is 114 cm³/mol. The maximum Gasteiger partial charge on any atom is 0.228 e. The van der Waals surface area contributed by atoms with Crippen LogP contribution in [0.3, 0.4) is 0 Å². The number of aromatic amines is 1. The molecule has 1 saturated heterocycles. The van der Waals surface area contributed by atoms with Crippen molar-refractivity contribution < 1.29 is 4.79 Å². The zero-order valence-corrected chi connectivity index (χ0v) is 16.2. The van der Waals surface area contributed by atoms with Crippen molar-refractivity contribution in [3.63, 3.8) is 0 Å². The van der Waals surface area contributed by atoms with Gasteiger partial charge in [0.2, 0.25) is 5.91 Å². The van der Waals surface area contributed by atoms with Crippen molar-refractivity contribution in [1.29, 1.82) is 0 Å². The average Bonchev–Trinajstić information content (AvgIpc) is 3.10. The average molecular weight is 374 g/mol. The number of anilines is 2. The maximum atomic E-state index is 12.5. The quantitative estimate of drug-likeness (QED) is 0.688. The molecule has 1 aromatic heterocycles. The van der Waals surface area contributed by atoms with Crippen molar-refractivity contribution in [2.24, 2.45) is 0 Å². The van der Waals surface area contributed by atoms with Gasteiger partial charge in [0.1, 0.15) is 5.69 Å². The summed E-state index contributed by atoms with van der Waals surface area (Å²) >= 11 is 0. The van der Waals surface area contributed by atoms with E-state index in [1.165, 1.54) is 24.9 Å². The Kier molecular flexibility index (Phi) is 5.42. The molecular weight excluding hydrogens is 348 g/mol. The Labute approximate surface area is 165 Å². The summed E-state index contributed by atoms with van der Waals surface area (Å²) in [5.41, 5.74) is 5.64. The van der Waals surface area contributed by atoms with Crippen LogP contribution < -0.4 is 10.2 Å². The minimum Gasteiger partial charge on any atom is -0.372 e. The molecule has 3 aromatic rings. The van der Waals surface area contributed by atoms with Gasteiger partial charge in [-0.3, -0.25) is 9.89 Å². The second-order valence-corrected chi connectivity index (χ2v) is 7.38. The Hall–Kier alpha value is -3.08. The third-order valence-corrected chi connectivity index (χ3v) is 5.28. The summed E-state index contributed by atoms with van der Waals surface area (Å²) in [6.07, 6.45) is 4.20. The first-order valence-electron chi connectivity index (χ1n) is 9.95. The molecule has 1 fully saturated rings. The molecule has 2 heterocycles. The lowest BCUT2D eigenvalue weighted by molar-refractivity contribution is -0.115. The second kappa shape index (κ2) is 8.30. The molecule has 1 amide bonds. The lowest BCUT2D eigenvalue weighted by Gasteiger charge is -2.28. The first kappa shape index (κ1) is 18.3. The van der Waals surface area contributed by atoms with Gasteiger partial charge < -0.3 is 10.2 Å². The summed E-state index contributed by atoms with van der Waals surface area (Å²) in [4.78, 5) is 15.0. The molecule has 2 N–H and O–H groups in total. The molecule has 0 unspecified atom stereocenters. The molecule has 28 heavy (non-hydrogen) atoms. The van der Waals surface area contributed by atoms with Crippen LogP contribution in [0.25, 0.3) is 11.3 Å². The van der Waals surface area contributed by atoms with E-state index in [1.807, 2.05) is 37.3 Å². The van der Waals surface area contributed by atoms with Crippen LogP contribution in [-0.2, 0) is 11.2 Å². The fraction of sp³-hybridized carbons (Fsp3) is 0.304. The molecule has 0 aliphatic carbocycles. The number of benzene rings is 2. The first-order chi connectivity index (χ1) is 13.7. The third kappa shape index (κ3) is 4.09. The van der Waals surface area contributed by atoms with Crippen LogP contribution in [0.4, 0.5) is 11.4 Å². The number of carbonyl (C=O) groups excluding carboxylic acids is 1. The Balaban J connectivity index is 1.50. The molecule has 5 heteroatoms. The Morgan fingerprint density at radius 2 is 1.75 bits per heavy atom. The Morgan fingerprint density at radius 3 is 2.46 bits per heavy atom. The van der Waals surface area contributed by atoms with Crippen molar-refractivity contribution in [2.75, 3.05) is 23.3 Å². The van der Waals surface area contributed by atoms with Gasteiger partial charge in [-0.05, 0) is 43.9 Å². The maximum absolute atomic E-state index is 12.5. The van der Waals surface area contributed by atoms with Crippen LogP contribution in [0, 0.1) is 6.92 Å². The number of carbonyl (C=O) groups is 1. The van der Waals surface area contributed by atoms with E-state index in [2.05, 4.69) is 44.7 Å². The molecule has 0 spiro atoms. The van der Waals surface area contributed by atoms with E-state index in [9.17, 15) is 4.79 Å². The summed E-state index contributed by atoms with van der Waals surface area (Å²) in [6, 6.07) is 18.2. The van der Waals surface area contributed by atoms with Crippen LogP contribution >= 0.6 is 0 Å². The van der Waals surface area contributed by atoms with E-state index >= 15 is 0 Å². The molecule has 0 bridgehead atoms. The standard InChI is InChI=1S/C23H26N4O/c1-17-22(24-21(28)16-18-8-4-2-5-9-18)23(26-25-17)19-10-12-20(13-11-19)27-14-6-3-7-15-27/h2,4-5,8-13H,3,6-7,14-16H2,1H3,(H,24,28)(H,25,26). The monoisotopic (exact) mass is 374 g/mol. The van der Waals surface area contributed by atoms with Crippen molar-refractivity contribution >= 4 is 17.3 Å². The van der Waals surface area contributed by atoms with E-state index in [0.29, 0.717) is 6.42 Å². The van der Waals surface area contributed by atoms with E-state index in [0.717, 1.165) is 41.3 Å². The number of aromatic nitrogens is 2. The van der Waals surface area contributed by atoms with Gasteiger partial charge in [0.15, 0.2) is 0 Å². The summed E-state index contributed by atoms with van der Waals surface area (Å²) < 4.78 is 0. The molecule has 0 saturated carbocycles.